The molecule has 0 amide bonds. The van der Waals surface area contributed by atoms with Crippen LogP contribution in [0.3, 0.4) is 0 Å². The molecule has 0 fully saturated rings. The van der Waals surface area contributed by atoms with Crippen LogP contribution in [0.2, 0.25) is 0 Å². The Bertz CT molecular complexity index is 1380. The molecule has 0 saturated heterocycles. The third-order valence-corrected chi connectivity index (χ3v) is 6.42. The molecule has 6 rings (SSSR count). The second-order valence-electron chi connectivity index (χ2n) is 8.36. The number of hydrogen-bond donors (Lipinski definition) is 1. The second kappa shape index (κ2) is 5.36. The molecule has 0 radical (unpaired) electrons. The fourth-order valence-electron chi connectivity index (χ4n) is 4.92. The Morgan fingerprint density at radius 3 is 2.18 bits per heavy atom. The molecule has 4 aromatic carbocycles. The van der Waals surface area contributed by atoms with Gasteiger partial charge in [-0.2, -0.15) is 0 Å². The highest BCUT2D eigenvalue weighted by Crippen LogP contribution is 2.49. The Morgan fingerprint density at radius 1 is 0.571 bits per heavy atom. The maximum atomic E-state index is 3.57. The van der Waals surface area contributed by atoms with E-state index in [0.717, 1.165) is 0 Å². The van der Waals surface area contributed by atoms with E-state index < -0.39 is 0 Å². The minimum Gasteiger partial charge on any atom is -0.354 e. The zero-order chi connectivity index (χ0) is 18.9. The smallest absolute Gasteiger partial charge is 0.0471 e. The first-order valence-corrected chi connectivity index (χ1v) is 9.88. The van der Waals surface area contributed by atoms with Crippen molar-refractivity contribution in [3.8, 4) is 22.3 Å². The molecule has 0 spiro atoms. The molecule has 0 unspecified atom stereocenters. The van der Waals surface area contributed by atoms with Gasteiger partial charge in [0.05, 0.1) is 0 Å². The summed E-state index contributed by atoms with van der Waals surface area (Å²) in [5.41, 5.74) is 10.6. The van der Waals surface area contributed by atoms with Crippen LogP contribution < -0.4 is 0 Å². The van der Waals surface area contributed by atoms with Gasteiger partial charge in [0.2, 0.25) is 0 Å². The van der Waals surface area contributed by atoms with E-state index in [-0.39, 0.29) is 5.41 Å². The number of fused-ring (bicyclic) bond motifs is 6. The summed E-state index contributed by atoms with van der Waals surface area (Å²) in [5.74, 6) is 0. The van der Waals surface area contributed by atoms with Crippen LogP contribution in [0.4, 0.5) is 0 Å². The SMILES string of the molecule is CC1(C)c2ccccc2-c2ccc(-c3ccc4c(c3)[nH]c3ccccc34)cc21. The molecule has 28 heavy (non-hydrogen) atoms. The van der Waals surface area contributed by atoms with Gasteiger partial charge in [-0.3, -0.25) is 0 Å². The zero-order valence-electron chi connectivity index (χ0n) is 16.1. The molecule has 1 heteroatoms. The van der Waals surface area contributed by atoms with Crippen molar-refractivity contribution in [2.24, 2.45) is 0 Å². The number of aromatic nitrogens is 1. The average molecular weight is 359 g/mol. The summed E-state index contributed by atoms with van der Waals surface area (Å²) in [5, 5.41) is 2.57. The van der Waals surface area contributed by atoms with Crippen LogP contribution in [-0.2, 0) is 5.41 Å². The van der Waals surface area contributed by atoms with E-state index in [1.807, 2.05) is 0 Å². The van der Waals surface area contributed by atoms with Crippen molar-refractivity contribution in [2.75, 3.05) is 0 Å². The summed E-state index contributed by atoms with van der Waals surface area (Å²) in [6.45, 7) is 4.67. The fourth-order valence-corrected chi connectivity index (χ4v) is 4.92. The maximum Gasteiger partial charge on any atom is 0.0471 e. The van der Waals surface area contributed by atoms with E-state index in [9.17, 15) is 0 Å². The Labute approximate surface area is 164 Å². The summed E-state index contributed by atoms with van der Waals surface area (Å²) >= 11 is 0. The molecule has 0 bridgehead atoms. The summed E-state index contributed by atoms with van der Waals surface area (Å²) in [6, 6.07) is 31.1. The number of nitrogens with one attached hydrogen (secondary N) is 1. The van der Waals surface area contributed by atoms with E-state index in [1.165, 1.54) is 55.2 Å². The van der Waals surface area contributed by atoms with Gasteiger partial charge >= 0.3 is 0 Å². The summed E-state index contributed by atoms with van der Waals surface area (Å²) in [4.78, 5) is 3.57. The van der Waals surface area contributed by atoms with E-state index in [0.29, 0.717) is 0 Å². The molecular formula is C27H21N. The van der Waals surface area contributed by atoms with Crippen molar-refractivity contribution in [1.29, 1.82) is 0 Å². The molecular weight excluding hydrogens is 338 g/mol. The molecule has 1 aliphatic carbocycles. The van der Waals surface area contributed by atoms with Crippen LogP contribution in [0.1, 0.15) is 25.0 Å². The number of rotatable bonds is 1. The second-order valence-corrected chi connectivity index (χ2v) is 8.36. The quantitative estimate of drug-likeness (QED) is 0.323. The monoisotopic (exact) mass is 359 g/mol. The molecule has 0 atom stereocenters. The molecule has 1 N–H and O–H groups in total. The first-order valence-electron chi connectivity index (χ1n) is 9.88. The number of benzene rings is 4. The maximum absolute atomic E-state index is 3.57. The number of aromatic amines is 1. The van der Waals surface area contributed by atoms with Crippen LogP contribution in [0, 0.1) is 0 Å². The van der Waals surface area contributed by atoms with E-state index in [2.05, 4.69) is 104 Å². The minimum absolute atomic E-state index is 0.0349. The Hall–Kier alpha value is -3.32. The third kappa shape index (κ3) is 2.02. The number of H-pyrrole nitrogens is 1. The van der Waals surface area contributed by atoms with Crippen LogP contribution >= 0.6 is 0 Å². The molecule has 0 aliphatic heterocycles. The lowest BCUT2D eigenvalue weighted by Crippen LogP contribution is -2.14. The third-order valence-electron chi connectivity index (χ3n) is 6.42. The van der Waals surface area contributed by atoms with Crippen molar-refractivity contribution in [3.63, 3.8) is 0 Å². The average Bonchev–Trinajstić information content (AvgIpc) is 3.21. The van der Waals surface area contributed by atoms with Gasteiger partial charge in [0.25, 0.3) is 0 Å². The van der Waals surface area contributed by atoms with E-state index in [4.69, 9.17) is 0 Å². The molecule has 134 valence electrons. The van der Waals surface area contributed by atoms with Gasteiger partial charge in [0.15, 0.2) is 0 Å². The number of hydrogen-bond acceptors (Lipinski definition) is 0. The van der Waals surface area contributed by atoms with Crippen LogP contribution in [-0.4, -0.2) is 4.98 Å². The first-order chi connectivity index (χ1) is 13.6. The highest BCUT2D eigenvalue weighted by atomic mass is 14.7. The molecule has 1 aromatic heterocycles. The molecule has 1 heterocycles. The van der Waals surface area contributed by atoms with Gasteiger partial charge in [0.1, 0.15) is 0 Å². The highest BCUT2D eigenvalue weighted by Gasteiger charge is 2.35. The van der Waals surface area contributed by atoms with Gasteiger partial charge in [-0.25, -0.2) is 0 Å². The highest BCUT2D eigenvalue weighted by molar-refractivity contribution is 6.08. The van der Waals surface area contributed by atoms with E-state index >= 15 is 0 Å². The van der Waals surface area contributed by atoms with Crippen molar-refractivity contribution < 1.29 is 0 Å². The number of para-hydroxylation sites is 1. The van der Waals surface area contributed by atoms with Crippen molar-refractivity contribution in [1.82, 2.24) is 4.98 Å². The van der Waals surface area contributed by atoms with Crippen molar-refractivity contribution in [2.45, 2.75) is 19.3 Å². The van der Waals surface area contributed by atoms with E-state index in [1.54, 1.807) is 0 Å². The van der Waals surface area contributed by atoms with Gasteiger partial charge in [0, 0.05) is 27.2 Å². The minimum atomic E-state index is 0.0349. The van der Waals surface area contributed by atoms with Crippen molar-refractivity contribution in [3.05, 3.63) is 96.1 Å². The largest absolute Gasteiger partial charge is 0.354 e. The van der Waals surface area contributed by atoms with Crippen LogP contribution in [0.15, 0.2) is 84.9 Å². The summed E-state index contributed by atoms with van der Waals surface area (Å²) in [7, 11) is 0. The first kappa shape index (κ1) is 15.7. The predicted octanol–water partition coefficient (Wildman–Crippen LogP) is 7.29. The molecule has 1 aliphatic rings. The Kier molecular flexibility index (Phi) is 3.01. The van der Waals surface area contributed by atoms with Crippen LogP contribution in [0.25, 0.3) is 44.1 Å². The molecule has 1 nitrogen and oxygen atoms in total. The van der Waals surface area contributed by atoms with Gasteiger partial charge in [-0.05, 0) is 51.6 Å². The standard InChI is InChI=1S/C27H21N/c1-27(2)23-9-5-3-7-19(23)20-13-11-17(15-24(20)27)18-12-14-22-21-8-4-6-10-25(21)28-26(22)16-18/h3-16,28H,1-2H3. The fraction of sp³-hybridized carbons (Fsp3) is 0.111. The van der Waals surface area contributed by atoms with Gasteiger partial charge in [-0.1, -0.05) is 80.6 Å². The predicted molar refractivity (Wildman–Crippen MR) is 119 cm³/mol. The zero-order valence-corrected chi connectivity index (χ0v) is 16.1. The topological polar surface area (TPSA) is 15.8 Å². The molecule has 5 aromatic rings. The molecule has 0 saturated carbocycles. The van der Waals surface area contributed by atoms with Gasteiger partial charge < -0.3 is 4.98 Å². The summed E-state index contributed by atoms with van der Waals surface area (Å²) < 4.78 is 0. The van der Waals surface area contributed by atoms with Gasteiger partial charge in [-0.15, -0.1) is 0 Å². The Morgan fingerprint density at radius 2 is 1.25 bits per heavy atom. The lowest BCUT2D eigenvalue weighted by atomic mass is 9.81. The van der Waals surface area contributed by atoms with Crippen LogP contribution in [0.5, 0.6) is 0 Å². The lowest BCUT2D eigenvalue weighted by molar-refractivity contribution is 0.660. The Balaban J connectivity index is 1.53. The lowest BCUT2D eigenvalue weighted by Gasteiger charge is -2.22. The summed E-state index contributed by atoms with van der Waals surface area (Å²) in [6.07, 6.45) is 0. The normalized spacial score (nSPS) is 14.4. The van der Waals surface area contributed by atoms with Crippen molar-refractivity contribution >= 4 is 21.8 Å².